The van der Waals surface area contributed by atoms with Crippen molar-refractivity contribution < 1.29 is 14.0 Å². The van der Waals surface area contributed by atoms with Gasteiger partial charge in [0.05, 0.1) is 6.04 Å². The van der Waals surface area contributed by atoms with Crippen molar-refractivity contribution in [1.82, 2.24) is 15.5 Å². The first-order valence-corrected chi connectivity index (χ1v) is 12.3. The van der Waals surface area contributed by atoms with Gasteiger partial charge in [-0.05, 0) is 59.4 Å². The number of halogens is 1. The largest absolute Gasteiger partial charge is 0.378 e. The molecule has 1 aliphatic heterocycles. The molecule has 3 aromatic carbocycles. The summed E-state index contributed by atoms with van der Waals surface area (Å²) >= 11 is 0. The number of hydrogen-bond acceptors (Lipinski definition) is 4. The highest BCUT2D eigenvalue weighted by Gasteiger charge is 2.26. The average Bonchev–Trinajstić information content (AvgIpc) is 2.90. The molecule has 6 nitrogen and oxygen atoms in total. The van der Waals surface area contributed by atoms with Gasteiger partial charge < -0.3 is 15.5 Å². The maximum Gasteiger partial charge on any atom is 0.309 e. The molecule has 1 heterocycles. The minimum absolute atomic E-state index is 0.0643. The van der Waals surface area contributed by atoms with E-state index in [0.717, 1.165) is 36.3 Å². The third kappa shape index (κ3) is 6.49. The number of nitrogens with zero attached hydrogens (tertiary/aromatic N) is 2. The van der Waals surface area contributed by atoms with E-state index < -0.39 is 11.8 Å². The first kappa shape index (κ1) is 25.4. The Labute approximate surface area is 212 Å². The van der Waals surface area contributed by atoms with Crippen LogP contribution in [-0.4, -0.2) is 50.4 Å². The Balaban J connectivity index is 1.39. The van der Waals surface area contributed by atoms with E-state index in [9.17, 15) is 14.0 Å². The Morgan fingerprint density at radius 3 is 2.28 bits per heavy atom. The Morgan fingerprint density at radius 1 is 0.917 bits per heavy atom. The van der Waals surface area contributed by atoms with Crippen LogP contribution in [0.3, 0.4) is 0 Å². The van der Waals surface area contributed by atoms with E-state index in [0.29, 0.717) is 19.5 Å². The second-order valence-corrected chi connectivity index (χ2v) is 9.33. The summed E-state index contributed by atoms with van der Waals surface area (Å²) in [6.45, 7) is 2.29. The minimum atomic E-state index is -0.664. The van der Waals surface area contributed by atoms with Crippen molar-refractivity contribution in [2.24, 2.45) is 0 Å². The van der Waals surface area contributed by atoms with Crippen LogP contribution in [0.4, 0.5) is 10.1 Å². The lowest BCUT2D eigenvalue weighted by molar-refractivity contribution is -0.139. The SMILES string of the molecule is CN(C)c1ccc(C(CNC(=O)C(=O)NCCc2ccc(F)cc2)N2CCc3ccccc3C2)cc1. The molecule has 0 aliphatic carbocycles. The van der Waals surface area contributed by atoms with Gasteiger partial charge in [0.15, 0.2) is 0 Å². The van der Waals surface area contributed by atoms with Gasteiger partial charge >= 0.3 is 11.8 Å². The second kappa shape index (κ2) is 11.8. The molecule has 0 spiro atoms. The maximum absolute atomic E-state index is 13.1. The van der Waals surface area contributed by atoms with Crippen LogP contribution in [0.25, 0.3) is 0 Å². The summed E-state index contributed by atoms with van der Waals surface area (Å²) in [7, 11) is 4.01. The van der Waals surface area contributed by atoms with Crippen LogP contribution < -0.4 is 15.5 Å². The van der Waals surface area contributed by atoms with Crippen molar-refractivity contribution in [3.8, 4) is 0 Å². The van der Waals surface area contributed by atoms with Gasteiger partial charge in [-0.25, -0.2) is 4.39 Å². The molecule has 0 aromatic heterocycles. The molecule has 1 unspecified atom stereocenters. The van der Waals surface area contributed by atoms with Gasteiger partial charge in [0.1, 0.15) is 5.82 Å². The minimum Gasteiger partial charge on any atom is -0.378 e. The number of carbonyl (C=O) groups is 2. The fourth-order valence-corrected chi connectivity index (χ4v) is 4.56. The quantitative estimate of drug-likeness (QED) is 0.477. The van der Waals surface area contributed by atoms with Crippen LogP contribution in [-0.2, 0) is 29.0 Å². The highest BCUT2D eigenvalue weighted by Crippen LogP contribution is 2.28. The van der Waals surface area contributed by atoms with Crippen molar-refractivity contribution in [3.05, 3.63) is 101 Å². The number of anilines is 1. The molecule has 4 rings (SSSR count). The summed E-state index contributed by atoms with van der Waals surface area (Å²) in [5.74, 6) is -1.62. The van der Waals surface area contributed by atoms with Crippen LogP contribution >= 0.6 is 0 Å². The summed E-state index contributed by atoms with van der Waals surface area (Å²) in [4.78, 5) is 29.4. The zero-order valence-corrected chi connectivity index (χ0v) is 20.8. The Bertz CT molecular complexity index is 1180. The third-order valence-electron chi connectivity index (χ3n) is 6.67. The number of carbonyl (C=O) groups excluding carboxylic acids is 2. The number of rotatable bonds is 8. The molecule has 1 atom stereocenters. The topological polar surface area (TPSA) is 64.7 Å². The summed E-state index contributed by atoms with van der Waals surface area (Å²) < 4.78 is 13.1. The monoisotopic (exact) mass is 488 g/mol. The molecule has 0 saturated carbocycles. The zero-order valence-electron chi connectivity index (χ0n) is 20.8. The average molecular weight is 489 g/mol. The summed E-state index contributed by atoms with van der Waals surface area (Å²) in [6.07, 6.45) is 1.47. The number of hydrogen-bond donors (Lipinski definition) is 2. The van der Waals surface area contributed by atoms with Crippen LogP contribution in [0.1, 0.15) is 28.3 Å². The Kier molecular flexibility index (Phi) is 8.33. The van der Waals surface area contributed by atoms with E-state index in [4.69, 9.17) is 0 Å². The standard InChI is InChI=1S/C29H33FN4O2/c1-33(2)26-13-9-23(10-14-26)27(34-18-16-22-5-3-4-6-24(22)20-34)19-32-29(36)28(35)31-17-15-21-7-11-25(30)12-8-21/h3-14,27H,15-20H2,1-2H3,(H,31,35)(H,32,36). The number of benzene rings is 3. The van der Waals surface area contributed by atoms with Gasteiger partial charge in [-0.2, -0.15) is 0 Å². The molecular formula is C29H33FN4O2. The van der Waals surface area contributed by atoms with Gasteiger partial charge in [-0.15, -0.1) is 0 Å². The molecule has 36 heavy (non-hydrogen) atoms. The van der Waals surface area contributed by atoms with Crippen LogP contribution in [0.5, 0.6) is 0 Å². The second-order valence-electron chi connectivity index (χ2n) is 9.33. The first-order valence-electron chi connectivity index (χ1n) is 12.3. The lowest BCUT2D eigenvalue weighted by Gasteiger charge is -2.36. The molecule has 0 saturated heterocycles. The fraction of sp³-hybridized carbons (Fsp3) is 0.310. The number of amides is 2. The van der Waals surface area contributed by atoms with Gasteiger partial charge in [-0.3, -0.25) is 14.5 Å². The first-order chi connectivity index (χ1) is 17.4. The fourth-order valence-electron chi connectivity index (χ4n) is 4.56. The van der Waals surface area contributed by atoms with Crippen molar-refractivity contribution in [3.63, 3.8) is 0 Å². The van der Waals surface area contributed by atoms with Crippen LogP contribution in [0.15, 0.2) is 72.8 Å². The number of nitrogens with one attached hydrogen (secondary N) is 2. The van der Waals surface area contributed by atoms with E-state index in [-0.39, 0.29) is 11.9 Å². The van der Waals surface area contributed by atoms with Crippen molar-refractivity contribution >= 4 is 17.5 Å². The van der Waals surface area contributed by atoms with Crippen molar-refractivity contribution in [2.75, 3.05) is 38.6 Å². The van der Waals surface area contributed by atoms with Gasteiger partial charge in [0, 0.05) is 46.0 Å². The Morgan fingerprint density at radius 2 is 1.58 bits per heavy atom. The van der Waals surface area contributed by atoms with Gasteiger partial charge in [0.2, 0.25) is 0 Å². The highest BCUT2D eigenvalue weighted by molar-refractivity contribution is 6.35. The summed E-state index contributed by atoms with van der Waals surface area (Å²) in [5.41, 5.74) is 5.75. The highest BCUT2D eigenvalue weighted by atomic mass is 19.1. The summed E-state index contributed by atoms with van der Waals surface area (Å²) in [5, 5.41) is 5.50. The lowest BCUT2D eigenvalue weighted by Crippen LogP contribution is -2.45. The molecule has 7 heteroatoms. The van der Waals surface area contributed by atoms with Crippen LogP contribution in [0.2, 0.25) is 0 Å². The molecule has 3 aromatic rings. The summed E-state index contributed by atoms with van der Waals surface area (Å²) in [6, 6.07) is 22.8. The molecule has 0 bridgehead atoms. The lowest BCUT2D eigenvalue weighted by atomic mass is 9.96. The molecule has 188 valence electrons. The molecule has 2 amide bonds. The van der Waals surface area contributed by atoms with E-state index in [1.165, 1.54) is 23.3 Å². The Hall–Kier alpha value is -3.71. The van der Waals surface area contributed by atoms with Crippen LogP contribution in [0, 0.1) is 5.82 Å². The zero-order chi connectivity index (χ0) is 25.5. The van der Waals surface area contributed by atoms with Gasteiger partial charge in [-0.1, -0.05) is 48.5 Å². The normalized spacial score (nSPS) is 14.0. The molecule has 0 radical (unpaired) electrons. The van der Waals surface area contributed by atoms with E-state index in [1.807, 2.05) is 19.0 Å². The van der Waals surface area contributed by atoms with E-state index in [2.05, 4.69) is 64.1 Å². The smallest absolute Gasteiger partial charge is 0.309 e. The predicted octanol–water partition coefficient (Wildman–Crippen LogP) is 3.47. The van der Waals surface area contributed by atoms with Gasteiger partial charge in [0.25, 0.3) is 0 Å². The molecule has 2 N–H and O–H groups in total. The number of fused-ring (bicyclic) bond motifs is 1. The molecular weight excluding hydrogens is 455 g/mol. The van der Waals surface area contributed by atoms with E-state index >= 15 is 0 Å². The van der Waals surface area contributed by atoms with E-state index in [1.54, 1.807) is 12.1 Å². The predicted molar refractivity (Wildman–Crippen MR) is 140 cm³/mol. The van der Waals surface area contributed by atoms with Crippen molar-refractivity contribution in [1.29, 1.82) is 0 Å². The third-order valence-corrected chi connectivity index (χ3v) is 6.67. The maximum atomic E-state index is 13.1. The van der Waals surface area contributed by atoms with Crippen molar-refractivity contribution in [2.45, 2.75) is 25.4 Å². The molecule has 0 fully saturated rings. The molecule has 1 aliphatic rings.